The van der Waals surface area contributed by atoms with E-state index in [4.69, 9.17) is 11.5 Å². The van der Waals surface area contributed by atoms with Crippen LogP contribution in [-0.2, 0) is 6.54 Å². The number of aromatic nitrogens is 3. The Labute approximate surface area is 216 Å². The van der Waals surface area contributed by atoms with Crippen LogP contribution < -0.4 is 11.5 Å². The predicted octanol–water partition coefficient (Wildman–Crippen LogP) is 4.70. The number of H-pyrrole nitrogens is 1. The number of hydrogen-bond acceptors (Lipinski definition) is 6. The topological polar surface area (TPSA) is 131 Å². The number of primary amides is 1. The molecule has 0 bridgehead atoms. The minimum absolute atomic E-state index is 0.138. The molecule has 3 aromatic heterocycles. The van der Waals surface area contributed by atoms with Gasteiger partial charge in [-0.25, -0.2) is 0 Å². The maximum absolute atomic E-state index is 13.4. The van der Waals surface area contributed by atoms with Gasteiger partial charge in [-0.1, -0.05) is 30.8 Å². The molecule has 5 aromatic rings. The highest BCUT2D eigenvalue weighted by molar-refractivity contribution is 7.13. The van der Waals surface area contributed by atoms with E-state index in [1.54, 1.807) is 40.6 Å². The largest absolute Gasteiger partial charge is 0.398 e. The summed E-state index contributed by atoms with van der Waals surface area (Å²) in [4.78, 5) is 31.6. The lowest BCUT2D eigenvalue weighted by atomic mass is 9.94. The number of nitrogens with zero attached hydrogens (tertiary/aromatic N) is 3. The Balaban J connectivity index is 1.33. The van der Waals surface area contributed by atoms with Crippen LogP contribution in [0.4, 0.5) is 5.69 Å². The maximum Gasteiger partial charge on any atom is 0.267 e. The average molecular weight is 507 g/mol. The van der Waals surface area contributed by atoms with Crippen molar-refractivity contribution < 1.29 is 9.59 Å². The molecule has 1 aliphatic rings. The van der Waals surface area contributed by atoms with Crippen molar-refractivity contribution in [1.29, 1.82) is 0 Å². The van der Waals surface area contributed by atoms with Crippen molar-refractivity contribution in [2.75, 3.05) is 12.3 Å². The van der Waals surface area contributed by atoms with Crippen LogP contribution in [-0.4, -0.2) is 38.4 Å². The smallest absolute Gasteiger partial charge is 0.267 e. The molecular weight excluding hydrogens is 484 g/mol. The van der Waals surface area contributed by atoms with Crippen LogP contribution in [0.15, 0.2) is 72.8 Å². The summed E-state index contributed by atoms with van der Waals surface area (Å²) in [5.74, 6) is -0.734. The third-order valence-electron chi connectivity index (χ3n) is 6.63. The molecule has 2 amide bonds. The Morgan fingerprint density at radius 1 is 1.16 bits per heavy atom. The van der Waals surface area contributed by atoms with Gasteiger partial charge in [0.2, 0.25) is 0 Å². The highest BCUT2D eigenvalue weighted by Gasteiger charge is 2.32. The van der Waals surface area contributed by atoms with E-state index in [2.05, 4.69) is 27.8 Å². The first kappa shape index (κ1) is 22.7. The van der Waals surface area contributed by atoms with Crippen molar-refractivity contribution in [3.05, 3.63) is 95.1 Å². The number of thiophene rings is 1. The number of nitrogen functional groups attached to an aromatic ring is 1. The summed E-state index contributed by atoms with van der Waals surface area (Å²) in [5, 5.41) is 10.7. The Kier molecular flexibility index (Phi) is 5.35. The Morgan fingerprint density at radius 3 is 2.76 bits per heavy atom. The van der Waals surface area contributed by atoms with Gasteiger partial charge in [0.15, 0.2) is 0 Å². The molecule has 1 aliphatic heterocycles. The number of aromatic amines is 1. The minimum Gasteiger partial charge on any atom is -0.398 e. The number of carbonyl (C=O) groups excluding carboxylic acids is 2. The van der Waals surface area contributed by atoms with Crippen molar-refractivity contribution in [2.24, 2.45) is 5.73 Å². The zero-order chi connectivity index (χ0) is 25.7. The zero-order valence-corrected chi connectivity index (χ0v) is 20.5. The first-order chi connectivity index (χ1) is 17.9. The van der Waals surface area contributed by atoms with Crippen LogP contribution in [0.1, 0.15) is 32.0 Å². The first-order valence-corrected chi connectivity index (χ1v) is 12.5. The summed E-state index contributed by atoms with van der Waals surface area (Å²) in [6.07, 6.45) is 1.54. The lowest BCUT2D eigenvalue weighted by Crippen LogP contribution is -2.26. The maximum atomic E-state index is 13.4. The van der Waals surface area contributed by atoms with E-state index in [1.165, 1.54) is 0 Å². The Hall–Kier alpha value is -4.76. The summed E-state index contributed by atoms with van der Waals surface area (Å²) >= 11 is 1.64. The van der Waals surface area contributed by atoms with Crippen molar-refractivity contribution >= 4 is 45.3 Å². The molecule has 37 heavy (non-hydrogen) atoms. The second kappa shape index (κ2) is 8.72. The van der Waals surface area contributed by atoms with E-state index in [9.17, 15) is 9.59 Å². The van der Waals surface area contributed by atoms with Gasteiger partial charge in [-0.15, -0.1) is 11.3 Å². The molecule has 0 aliphatic carbocycles. The molecule has 182 valence electrons. The fourth-order valence-electron chi connectivity index (χ4n) is 4.75. The van der Waals surface area contributed by atoms with Gasteiger partial charge in [-0.3, -0.25) is 19.7 Å². The number of nitrogens with one attached hydrogen (secondary N) is 1. The first-order valence-electron chi connectivity index (χ1n) is 11.6. The molecule has 5 N–H and O–H groups in total. The number of amides is 2. The SMILES string of the molecule is C=C(CN1Cc2c(-c3ccc4[nH]nc(-c5cccs5)c4c3)ccc(N)c2C1=O)c1ccc(C(N)=O)nc1. The van der Waals surface area contributed by atoms with Crippen LogP contribution >= 0.6 is 11.3 Å². The molecular formula is C28H22N6O2S. The summed E-state index contributed by atoms with van der Waals surface area (Å²) in [6, 6.07) is 17.2. The molecule has 2 aromatic carbocycles. The van der Waals surface area contributed by atoms with Crippen LogP contribution in [0.5, 0.6) is 0 Å². The molecule has 0 saturated carbocycles. The quantitative estimate of drug-likeness (QED) is 0.287. The molecule has 0 saturated heterocycles. The van der Waals surface area contributed by atoms with Gasteiger partial charge >= 0.3 is 0 Å². The second-order valence-electron chi connectivity index (χ2n) is 8.93. The van der Waals surface area contributed by atoms with E-state index in [0.717, 1.165) is 43.7 Å². The normalized spacial score (nSPS) is 12.8. The summed E-state index contributed by atoms with van der Waals surface area (Å²) < 4.78 is 0. The summed E-state index contributed by atoms with van der Waals surface area (Å²) in [7, 11) is 0. The van der Waals surface area contributed by atoms with Gasteiger partial charge < -0.3 is 16.4 Å². The number of fused-ring (bicyclic) bond motifs is 2. The van der Waals surface area contributed by atoms with Gasteiger partial charge in [0.05, 0.1) is 16.0 Å². The van der Waals surface area contributed by atoms with Crippen LogP contribution in [0.25, 0.3) is 38.2 Å². The average Bonchev–Trinajstić information content (AvgIpc) is 3.64. The lowest BCUT2D eigenvalue weighted by Gasteiger charge is -2.17. The number of rotatable bonds is 6. The van der Waals surface area contributed by atoms with Crippen LogP contribution in [0, 0.1) is 0 Å². The standard InChI is InChI=1S/C28H22N6O2S/c1-15(17-5-9-23(27(30)35)31-12-17)13-34-14-20-18(6-7-21(29)25(20)28(34)36)16-4-8-22-19(11-16)26(33-32-22)24-3-2-10-37-24/h2-12H,1,13-14,29H2,(H2,30,35)(H,32,33). The number of benzene rings is 2. The molecule has 0 spiro atoms. The highest BCUT2D eigenvalue weighted by atomic mass is 32.1. The van der Waals surface area contributed by atoms with Crippen LogP contribution in [0.2, 0.25) is 0 Å². The van der Waals surface area contributed by atoms with E-state index in [1.807, 2.05) is 35.7 Å². The van der Waals surface area contributed by atoms with Gasteiger partial charge in [0, 0.05) is 30.4 Å². The molecule has 8 nitrogen and oxygen atoms in total. The number of nitrogens with two attached hydrogens (primary N) is 2. The lowest BCUT2D eigenvalue weighted by molar-refractivity contribution is 0.0799. The Bertz CT molecular complexity index is 1700. The van der Waals surface area contributed by atoms with E-state index < -0.39 is 5.91 Å². The number of anilines is 1. The fourth-order valence-corrected chi connectivity index (χ4v) is 5.48. The third-order valence-corrected chi connectivity index (χ3v) is 7.51. The van der Waals surface area contributed by atoms with Gasteiger partial charge in [0.25, 0.3) is 11.8 Å². The monoisotopic (exact) mass is 506 g/mol. The minimum atomic E-state index is -0.596. The zero-order valence-electron chi connectivity index (χ0n) is 19.7. The van der Waals surface area contributed by atoms with Crippen molar-refractivity contribution in [1.82, 2.24) is 20.1 Å². The van der Waals surface area contributed by atoms with Crippen molar-refractivity contribution in [3.63, 3.8) is 0 Å². The van der Waals surface area contributed by atoms with Gasteiger partial charge in [-0.2, -0.15) is 5.10 Å². The van der Waals surface area contributed by atoms with E-state index in [0.29, 0.717) is 29.9 Å². The predicted molar refractivity (Wildman–Crippen MR) is 146 cm³/mol. The molecule has 4 heterocycles. The fraction of sp³-hybridized carbons (Fsp3) is 0.0714. The van der Waals surface area contributed by atoms with E-state index in [-0.39, 0.29) is 11.6 Å². The Morgan fingerprint density at radius 2 is 2.03 bits per heavy atom. The van der Waals surface area contributed by atoms with Crippen LogP contribution in [0.3, 0.4) is 0 Å². The highest BCUT2D eigenvalue weighted by Crippen LogP contribution is 2.39. The molecule has 0 fully saturated rings. The summed E-state index contributed by atoms with van der Waals surface area (Å²) in [6.45, 7) is 4.84. The number of carbonyl (C=O) groups is 2. The molecule has 0 atom stereocenters. The third kappa shape index (κ3) is 3.85. The molecule has 0 unspecified atom stereocenters. The number of hydrogen-bond donors (Lipinski definition) is 3. The van der Waals surface area contributed by atoms with Gasteiger partial charge in [-0.05, 0) is 63.5 Å². The van der Waals surface area contributed by atoms with Gasteiger partial charge in [0.1, 0.15) is 11.4 Å². The molecule has 0 radical (unpaired) electrons. The van der Waals surface area contributed by atoms with E-state index >= 15 is 0 Å². The number of pyridine rings is 1. The van der Waals surface area contributed by atoms with Crippen molar-refractivity contribution in [3.8, 4) is 21.7 Å². The van der Waals surface area contributed by atoms with Crippen molar-refractivity contribution in [2.45, 2.75) is 6.54 Å². The molecule has 9 heteroatoms. The second-order valence-corrected chi connectivity index (χ2v) is 9.87. The molecule has 6 rings (SSSR count). The summed E-state index contributed by atoms with van der Waals surface area (Å²) in [5.41, 5.74) is 18.8.